The molecule has 0 amide bonds. The number of aldehydes is 1. The molecule has 16 heavy (non-hydrogen) atoms. The van der Waals surface area contributed by atoms with Crippen LogP contribution in [0.5, 0.6) is 5.75 Å². The van der Waals surface area contributed by atoms with E-state index in [9.17, 15) is 14.3 Å². The highest BCUT2D eigenvalue weighted by Crippen LogP contribution is 2.29. The summed E-state index contributed by atoms with van der Waals surface area (Å²) in [5, 5.41) is 9.26. The number of phenolic OH excluding ortho intramolecular Hbond substituents is 1. The number of benzene rings is 2. The maximum absolute atomic E-state index is 13.6. The van der Waals surface area contributed by atoms with Gasteiger partial charge in [0.1, 0.15) is 0 Å². The van der Waals surface area contributed by atoms with E-state index in [-0.39, 0.29) is 5.56 Å². The molecule has 3 heteroatoms. The molecule has 0 unspecified atom stereocenters. The van der Waals surface area contributed by atoms with Gasteiger partial charge in [-0.2, -0.15) is 0 Å². The minimum Gasteiger partial charge on any atom is -0.505 e. The van der Waals surface area contributed by atoms with Crippen molar-refractivity contribution in [2.45, 2.75) is 0 Å². The molecular formula is C13H9FO2. The molecule has 0 heterocycles. The summed E-state index contributed by atoms with van der Waals surface area (Å²) in [7, 11) is 0. The number of phenols is 1. The summed E-state index contributed by atoms with van der Waals surface area (Å²) in [4.78, 5) is 10.8. The van der Waals surface area contributed by atoms with E-state index in [1.165, 1.54) is 18.2 Å². The van der Waals surface area contributed by atoms with Crippen LogP contribution in [0.2, 0.25) is 0 Å². The zero-order valence-corrected chi connectivity index (χ0v) is 8.35. The van der Waals surface area contributed by atoms with E-state index in [0.29, 0.717) is 17.4 Å². The molecule has 0 aliphatic rings. The molecule has 2 rings (SSSR count). The maximum atomic E-state index is 13.6. The summed E-state index contributed by atoms with van der Waals surface area (Å²) in [5.41, 5.74) is 1.10. The van der Waals surface area contributed by atoms with Gasteiger partial charge in [-0.1, -0.05) is 36.4 Å². The molecule has 0 aliphatic carbocycles. The van der Waals surface area contributed by atoms with Crippen LogP contribution in [0.4, 0.5) is 4.39 Å². The van der Waals surface area contributed by atoms with Crippen molar-refractivity contribution < 1.29 is 14.3 Å². The van der Waals surface area contributed by atoms with Gasteiger partial charge in [-0.3, -0.25) is 4.79 Å². The maximum Gasteiger partial charge on any atom is 0.172 e. The third-order valence-electron chi connectivity index (χ3n) is 2.36. The van der Waals surface area contributed by atoms with Gasteiger partial charge in [0, 0.05) is 11.1 Å². The highest BCUT2D eigenvalue weighted by atomic mass is 19.1. The van der Waals surface area contributed by atoms with Crippen LogP contribution in [0, 0.1) is 5.82 Å². The first kappa shape index (κ1) is 10.4. The number of aromatic hydroxyl groups is 1. The van der Waals surface area contributed by atoms with E-state index in [0.717, 1.165) is 0 Å². The molecule has 0 spiro atoms. The van der Waals surface area contributed by atoms with Crippen LogP contribution < -0.4 is 0 Å². The van der Waals surface area contributed by atoms with E-state index < -0.39 is 11.6 Å². The van der Waals surface area contributed by atoms with Gasteiger partial charge < -0.3 is 5.11 Å². The molecule has 1 N–H and O–H groups in total. The second-order valence-electron chi connectivity index (χ2n) is 3.34. The second-order valence-corrected chi connectivity index (χ2v) is 3.34. The van der Waals surface area contributed by atoms with Gasteiger partial charge in [0.15, 0.2) is 17.9 Å². The predicted molar refractivity (Wildman–Crippen MR) is 58.9 cm³/mol. The number of hydrogen-bond donors (Lipinski definition) is 1. The second kappa shape index (κ2) is 4.14. The smallest absolute Gasteiger partial charge is 0.172 e. The summed E-state index contributed by atoms with van der Waals surface area (Å²) in [6.07, 6.45) is 0.665. The number of carbonyl (C=O) groups is 1. The van der Waals surface area contributed by atoms with Crippen molar-refractivity contribution in [2.24, 2.45) is 0 Å². The lowest BCUT2D eigenvalue weighted by molar-refractivity contribution is 0.112. The molecule has 0 aromatic heterocycles. The van der Waals surface area contributed by atoms with Crippen molar-refractivity contribution in [3.05, 3.63) is 53.8 Å². The van der Waals surface area contributed by atoms with Crippen LogP contribution in [0.1, 0.15) is 10.4 Å². The molecule has 0 radical (unpaired) electrons. The average Bonchev–Trinajstić information content (AvgIpc) is 2.33. The lowest BCUT2D eigenvalue weighted by atomic mass is 10.00. The molecule has 2 nitrogen and oxygen atoms in total. The molecule has 0 saturated carbocycles. The van der Waals surface area contributed by atoms with E-state index in [2.05, 4.69) is 0 Å². The first-order valence-electron chi connectivity index (χ1n) is 4.76. The number of hydrogen-bond acceptors (Lipinski definition) is 2. The minimum atomic E-state index is -0.711. The number of carbonyl (C=O) groups excluding carboxylic acids is 1. The Morgan fingerprint density at radius 2 is 1.69 bits per heavy atom. The standard InChI is InChI=1S/C13H9FO2/c14-13-11(6-3-7-12(13)16)10-5-2-1-4-9(10)8-15/h1-8,16H. The van der Waals surface area contributed by atoms with E-state index in [4.69, 9.17) is 0 Å². The van der Waals surface area contributed by atoms with Gasteiger partial charge in [0.05, 0.1) is 0 Å². The quantitative estimate of drug-likeness (QED) is 0.783. The minimum absolute atomic E-state index is 0.225. The summed E-state index contributed by atoms with van der Waals surface area (Å²) in [5.74, 6) is -1.13. The van der Waals surface area contributed by atoms with E-state index in [1.807, 2.05) is 0 Å². The molecule has 2 aromatic rings. The Balaban J connectivity index is 2.67. The van der Waals surface area contributed by atoms with Gasteiger partial charge >= 0.3 is 0 Å². The Hall–Kier alpha value is -2.16. The monoisotopic (exact) mass is 216 g/mol. The Bertz CT molecular complexity index is 535. The van der Waals surface area contributed by atoms with Crippen molar-refractivity contribution in [1.82, 2.24) is 0 Å². The van der Waals surface area contributed by atoms with Crippen LogP contribution in [0.15, 0.2) is 42.5 Å². The molecule has 0 bridgehead atoms. The summed E-state index contributed by atoms with van der Waals surface area (Å²) in [6.45, 7) is 0. The topological polar surface area (TPSA) is 37.3 Å². The van der Waals surface area contributed by atoms with Gasteiger partial charge in [-0.15, -0.1) is 0 Å². The Labute approximate surface area is 92.0 Å². The number of rotatable bonds is 2. The zero-order valence-electron chi connectivity index (χ0n) is 8.35. The largest absolute Gasteiger partial charge is 0.505 e. The summed E-state index contributed by atoms with van der Waals surface area (Å²) in [6, 6.07) is 11.0. The third-order valence-corrected chi connectivity index (χ3v) is 2.36. The number of halogens is 1. The van der Waals surface area contributed by atoms with Crippen molar-refractivity contribution in [3.8, 4) is 16.9 Å². The van der Waals surface area contributed by atoms with Gasteiger partial charge in [0.2, 0.25) is 0 Å². The SMILES string of the molecule is O=Cc1ccccc1-c1cccc(O)c1F. The van der Waals surface area contributed by atoms with Crippen molar-refractivity contribution in [1.29, 1.82) is 0 Å². The lowest BCUT2D eigenvalue weighted by Crippen LogP contribution is -1.90. The summed E-state index contributed by atoms with van der Waals surface area (Å²) >= 11 is 0. The van der Waals surface area contributed by atoms with Crippen LogP contribution in [-0.2, 0) is 0 Å². The van der Waals surface area contributed by atoms with E-state index in [1.54, 1.807) is 24.3 Å². The third kappa shape index (κ3) is 1.67. The first-order valence-corrected chi connectivity index (χ1v) is 4.76. The van der Waals surface area contributed by atoms with Crippen LogP contribution >= 0.6 is 0 Å². The fraction of sp³-hybridized carbons (Fsp3) is 0. The predicted octanol–water partition coefficient (Wildman–Crippen LogP) is 3.01. The van der Waals surface area contributed by atoms with Crippen LogP contribution in [0.25, 0.3) is 11.1 Å². The van der Waals surface area contributed by atoms with Crippen molar-refractivity contribution >= 4 is 6.29 Å². The van der Waals surface area contributed by atoms with Gasteiger partial charge in [-0.05, 0) is 11.6 Å². The molecule has 2 aromatic carbocycles. The Kier molecular flexibility index (Phi) is 2.68. The van der Waals surface area contributed by atoms with Gasteiger partial charge in [-0.25, -0.2) is 4.39 Å². The van der Waals surface area contributed by atoms with Gasteiger partial charge in [0.25, 0.3) is 0 Å². The molecule has 0 atom stereocenters. The molecular weight excluding hydrogens is 207 g/mol. The highest BCUT2D eigenvalue weighted by Gasteiger charge is 2.11. The molecule has 0 saturated heterocycles. The first-order chi connectivity index (χ1) is 7.74. The zero-order chi connectivity index (χ0) is 11.5. The van der Waals surface area contributed by atoms with Crippen molar-refractivity contribution in [3.63, 3.8) is 0 Å². The van der Waals surface area contributed by atoms with Crippen LogP contribution in [0.3, 0.4) is 0 Å². The van der Waals surface area contributed by atoms with Crippen molar-refractivity contribution in [2.75, 3.05) is 0 Å². The fourth-order valence-electron chi connectivity index (χ4n) is 1.57. The lowest BCUT2D eigenvalue weighted by Gasteiger charge is -2.06. The Morgan fingerprint density at radius 1 is 1.00 bits per heavy atom. The highest BCUT2D eigenvalue weighted by molar-refractivity contribution is 5.87. The molecule has 80 valence electrons. The molecule has 0 aliphatic heterocycles. The molecule has 0 fully saturated rings. The average molecular weight is 216 g/mol. The van der Waals surface area contributed by atoms with E-state index >= 15 is 0 Å². The normalized spacial score (nSPS) is 10.1. The van der Waals surface area contributed by atoms with Crippen LogP contribution in [-0.4, -0.2) is 11.4 Å². The summed E-state index contributed by atoms with van der Waals surface area (Å²) < 4.78 is 13.6. The Morgan fingerprint density at radius 3 is 2.44 bits per heavy atom. The fourth-order valence-corrected chi connectivity index (χ4v) is 1.57.